The fourth-order valence-electron chi connectivity index (χ4n) is 7.47. The summed E-state index contributed by atoms with van der Waals surface area (Å²) in [6, 6.07) is 26.6. The van der Waals surface area contributed by atoms with Crippen LogP contribution in [0.25, 0.3) is 39.0 Å². The Hall–Kier alpha value is -3.84. The van der Waals surface area contributed by atoms with Gasteiger partial charge in [-0.1, -0.05) is 78.9 Å². The fourth-order valence-corrected chi connectivity index (χ4v) is 7.47. The van der Waals surface area contributed by atoms with E-state index >= 15 is 0 Å². The Balaban J connectivity index is 1.28. The molecule has 0 unspecified atom stereocenters. The van der Waals surface area contributed by atoms with Crippen LogP contribution < -0.4 is 0 Å². The van der Waals surface area contributed by atoms with Crippen molar-refractivity contribution in [1.82, 2.24) is 15.0 Å². The van der Waals surface area contributed by atoms with Gasteiger partial charge in [-0.3, -0.25) is 0 Å². The van der Waals surface area contributed by atoms with Crippen molar-refractivity contribution in [2.45, 2.75) is 43.9 Å². The molecular weight excluding hydrogens is 440 g/mol. The van der Waals surface area contributed by atoms with Gasteiger partial charge in [0.25, 0.3) is 0 Å². The monoisotopic (exact) mass is 468 g/mol. The Bertz CT molecular complexity index is 1410. The van der Waals surface area contributed by atoms with Gasteiger partial charge in [0.15, 0.2) is 23.2 Å². The summed E-state index contributed by atoms with van der Waals surface area (Å²) >= 11 is 0. The molecule has 4 nitrogen and oxygen atoms in total. The Morgan fingerprint density at radius 3 is 1.50 bits per heavy atom. The van der Waals surface area contributed by atoms with Crippen molar-refractivity contribution in [3.8, 4) is 34.2 Å². The van der Waals surface area contributed by atoms with E-state index < -0.39 is 0 Å². The maximum Gasteiger partial charge on any atom is 0.187 e. The van der Waals surface area contributed by atoms with Gasteiger partial charge in [-0.05, 0) is 67.3 Å². The van der Waals surface area contributed by atoms with Gasteiger partial charge in [-0.25, -0.2) is 19.8 Å². The topological polar surface area (TPSA) is 43.0 Å². The highest BCUT2D eigenvalue weighted by Gasteiger charge is 2.51. The van der Waals surface area contributed by atoms with Gasteiger partial charge in [0.2, 0.25) is 0 Å². The molecule has 4 heteroatoms. The van der Waals surface area contributed by atoms with Crippen molar-refractivity contribution < 1.29 is 0 Å². The summed E-state index contributed by atoms with van der Waals surface area (Å²) in [5.74, 6) is 4.78. The van der Waals surface area contributed by atoms with Crippen LogP contribution in [0.2, 0.25) is 0 Å². The minimum Gasteiger partial charge on any atom is -0.238 e. The average molecular weight is 469 g/mol. The Labute approximate surface area is 212 Å². The molecule has 4 fully saturated rings. The molecule has 4 saturated carbocycles. The van der Waals surface area contributed by atoms with E-state index in [0.29, 0.717) is 28.6 Å². The first-order chi connectivity index (χ1) is 17.7. The molecule has 1 aromatic heterocycles. The molecule has 0 atom stereocenters. The molecule has 176 valence electrons. The maximum atomic E-state index is 7.24. The van der Waals surface area contributed by atoms with Gasteiger partial charge in [0, 0.05) is 16.7 Å². The molecule has 0 saturated heterocycles. The molecule has 4 aromatic rings. The third-order valence-corrected chi connectivity index (χ3v) is 8.72. The van der Waals surface area contributed by atoms with Crippen LogP contribution in [0.3, 0.4) is 0 Å². The lowest BCUT2D eigenvalue weighted by molar-refractivity contribution is -0.00518. The molecule has 0 radical (unpaired) electrons. The minimum atomic E-state index is 0.386. The highest BCUT2D eigenvalue weighted by molar-refractivity contribution is 5.67. The molecule has 1 heterocycles. The summed E-state index contributed by atoms with van der Waals surface area (Å²) in [6.45, 7) is 7.24. The van der Waals surface area contributed by atoms with Crippen LogP contribution in [0.5, 0.6) is 0 Å². The highest BCUT2D eigenvalue weighted by Crippen LogP contribution is 2.60. The van der Waals surface area contributed by atoms with E-state index in [1.54, 1.807) is 0 Å². The van der Waals surface area contributed by atoms with Crippen LogP contribution >= 0.6 is 0 Å². The molecule has 0 N–H and O–H groups in total. The summed E-state index contributed by atoms with van der Waals surface area (Å²) in [5, 5.41) is 0. The van der Waals surface area contributed by atoms with Crippen molar-refractivity contribution in [3.63, 3.8) is 0 Å². The van der Waals surface area contributed by atoms with Gasteiger partial charge in [-0.2, -0.15) is 0 Å². The molecule has 36 heavy (non-hydrogen) atoms. The quantitative estimate of drug-likeness (QED) is 0.286. The SMILES string of the molecule is [C-]#[N+]c1ccc(-c2nc(-c3ccccc3)nc(-c3ccc(C45CC6CC(CC(C6)C4)C5)cc3)n2)cc1. The zero-order valence-electron chi connectivity index (χ0n) is 20.3. The van der Waals surface area contributed by atoms with Gasteiger partial charge in [-0.15, -0.1) is 0 Å². The first-order valence-corrected chi connectivity index (χ1v) is 13.1. The first-order valence-electron chi connectivity index (χ1n) is 13.1. The zero-order chi connectivity index (χ0) is 24.1. The number of hydrogen-bond donors (Lipinski definition) is 0. The molecule has 8 rings (SSSR count). The third kappa shape index (κ3) is 3.71. The second kappa shape index (κ2) is 8.38. The highest BCUT2D eigenvalue weighted by atomic mass is 15.0. The third-order valence-electron chi connectivity index (χ3n) is 8.72. The molecule has 4 aliphatic carbocycles. The number of rotatable bonds is 4. The van der Waals surface area contributed by atoms with Crippen LogP contribution in [0.15, 0.2) is 78.9 Å². The summed E-state index contributed by atoms with van der Waals surface area (Å²) in [7, 11) is 0. The number of benzene rings is 3. The standard InChI is InChI=1S/C32H28N4/c1-33-28-13-9-26(10-14-28)31-35-29(24-5-3-2-4-6-24)34-30(36-31)25-7-11-27(12-8-25)32-18-21-15-22(19-32)17-23(16-21)20-32/h2-14,21-23H,15-20H2. The molecular formula is C32H28N4. The summed E-state index contributed by atoms with van der Waals surface area (Å²) in [6.07, 6.45) is 8.49. The van der Waals surface area contributed by atoms with Crippen LogP contribution in [-0.2, 0) is 5.41 Å². The van der Waals surface area contributed by atoms with Gasteiger partial charge in [0.1, 0.15) is 0 Å². The molecule has 0 spiro atoms. The van der Waals surface area contributed by atoms with Crippen molar-refractivity contribution in [2.24, 2.45) is 17.8 Å². The molecule has 0 aliphatic heterocycles. The Kier molecular flexibility index (Phi) is 4.99. The lowest BCUT2D eigenvalue weighted by atomic mass is 9.48. The zero-order valence-corrected chi connectivity index (χ0v) is 20.3. The Morgan fingerprint density at radius 1 is 0.583 bits per heavy atom. The van der Waals surface area contributed by atoms with Gasteiger partial charge >= 0.3 is 0 Å². The van der Waals surface area contributed by atoms with Crippen LogP contribution in [-0.4, -0.2) is 15.0 Å². The van der Waals surface area contributed by atoms with Crippen molar-refractivity contribution >= 4 is 5.69 Å². The van der Waals surface area contributed by atoms with E-state index in [0.717, 1.165) is 34.4 Å². The maximum absolute atomic E-state index is 7.24. The van der Waals surface area contributed by atoms with E-state index in [4.69, 9.17) is 21.5 Å². The molecule has 4 aliphatic rings. The second-order valence-corrected chi connectivity index (χ2v) is 11.1. The molecule has 4 bridgehead atoms. The van der Waals surface area contributed by atoms with E-state index in [2.05, 4.69) is 29.1 Å². The van der Waals surface area contributed by atoms with Gasteiger partial charge < -0.3 is 0 Å². The minimum absolute atomic E-state index is 0.386. The lowest BCUT2D eigenvalue weighted by Gasteiger charge is -2.57. The molecule has 3 aromatic carbocycles. The van der Waals surface area contributed by atoms with Crippen LogP contribution in [0, 0.1) is 24.3 Å². The predicted molar refractivity (Wildman–Crippen MR) is 142 cm³/mol. The first kappa shape index (κ1) is 21.4. The van der Waals surface area contributed by atoms with Crippen LogP contribution in [0.1, 0.15) is 44.1 Å². The van der Waals surface area contributed by atoms with Crippen molar-refractivity contribution in [3.05, 3.63) is 95.8 Å². The van der Waals surface area contributed by atoms with E-state index in [1.165, 1.54) is 44.1 Å². The largest absolute Gasteiger partial charge is 0.238 e. The van der Waals surface area contributed by atoms with Crippen LogP contribution in [0.4, 0.5) is 5.69 Å². The normalized spacial score (nSPS) is 26.0. The number of aromatic nitrogens is 3. The fraction of sp³-hybridized carbons (Fsp3) is 0.312. The van der Waals surface area contributed by atoms with Gasteiger partial charge in [0.05, 0.1) is 6.57 Å². The van der Waals surface area contributed by atoms with Crippen molar-refractivity contribution in [1.29, 1.82) is 0 Å². The summed E-state index contributed by atoms with van der Waals surface area (Å²) in [5.41, 5.74) is 5.37. The molecule has 0 amide bonds. The summed E-state index contributed by atoms with van der Waals surface area (Å²) in [4.78, 5) is 18.1. The average Bonchev–Trinajstić information content (AvgIpc) is 2.93. The summed E-state index contributed by atoms with van der Waals surface area (Å²) < 4.78 is 0. The smallest absolute Gasteiger partial charge is 0.187 e. The number of nitrogens with zero attached hydrogens (tertiary/aromatic N) is 4. The van der Waals surface area contributed by atoms with E-state index in [1.807, 2.05) is 54.6 Å². The van der Waals surface area contributed by atoms with E-state index in [9.17, 15) is 0 Å². The second-order valence-electron chi connectivity index (χ2n) is 11.1. The van der Waals surface area contributed by atoms with Crippen molar-refractivity contribution in [2.75, 3.05) is 0 Å². The van der Waals surface area contributed by atoms with E-state index in [-0.39, 0.29) is 0 Å². The Morgan fingerprint density at radius 2 is 1.03 bits per heavy atom. The lowest BCUT2D eigenvalue weighted by Crippen LogP contribution is -2.48. The number of hydrogen-bond acceptors (Lipinski definition) is 3. The predicted octanol–water partition coefficient (Wildman–Crippen LogP) is 7.89.